The van der Waals surface area contributed by atoms with Crippen molar-refractivity contribution in [1.82, 2.24) is 14.8 Å². The van der Waals surface area contributed by atoms with E-state index >= 15 is 0 Å². The van der Waals surface area contributed by atoms with E-state index in [1.54, 1.807) is 0 Å². The molecule has 1 aromatic carbocycles. The van der Waals surface area contributed by atoms with Crippen LogP contribution in [0, 0.1) is 4.77 Å². The first-order chi connectivity index (χ1) is 8.59. The van der Waals surface area contributed by atoms with Crippen molar-refractivity contribution in [3.63, 3.8) is 0 Å². The lowest BCUT2D eigenvalue weighted by molar-refractivity contribution is -0.890. The molecule has 0 fully saturated rings. The van der Waals surface area contributed by atoms with Gasteiger partial charge in [0, 0.05) is 0 Å². The van der Waals surface area contributed by atoms with Gasteiger partial charge in [-0.15, -0.1) is 0 Å². The summed E-state index contributed by atoms with van der Waals surface area (Å²) in [6.45, 7) is 2.92. The molecule has 0 saturated carbocycles. The molecule has 0 aliphatic rings. The zero-order chi connectivity index (χ0) is 13.1. The van der Waals surface area contributed by atoms with Crippen molar-refractivity contribution in [3.05, 3.63) is 46.5 Å². The Balaban J connectivity index is 2.33. The van der Waals surface area contributed by atoms with E-state index < -0.39 is 0 Å². The monoisotopic (exact) mass is 263 g/mol. The summed E-state index contributed by atoms with van der Waals surface area (Å²) >= 11 is 5.31. The predicted octanol–water partition coefficient (Wildman–Crippen LogP) is 1.19. The number of aromatic amines is 1. The fourth-order valence-corrected chi connectivity index (χ4v) is 2.04. The molecule has 1 heterocycles. The van der Waals surface area contributed by atoms with Gasteiger partial charge in [0.15, 0.2) is 10.6 Å². The van der Waals surface area contributed by atoms with Gasteiger partial charge in [-0.05, 0) is 24.7 Å². The van der Waals surface area contributed by atoms with Gasteiger partial charge in [-0.25, -0.2) is 0 Å². The first-order valence-electron chi connectivity index (χ1n) is 6.08. The first kappa shape index (κ1) is 13.0. The molecule has 0 radical (unpaired) electrons. The number of rotatable bonds is 4. The van der Waals surface area contributed by atoms with Gasteiger partial charge in [-0.1, -0.05) is 30.3 Å². The number of nitrogens with zero attached hydrogens (tertiary/aromatic N) is 2. The molecule has 1 aromatic heterocycles. The van der Waals surface area contributed by atoms with Crippen LogP contribution >= 0.6 is 12.2 Å². The maximum atomic E-state index is 5.31. The Bertz CT molecular complexity index is 556. The Morgan fingerprint density at radius 3 is 2.61 bits per heavy atom. The summed E-state index contributed by atoms with van der Waals surface area (Å²) in [5, 5.41) is 7.25. The van der Waals surface area contributed by atoms with E-state index in [4.69, 9.17) is 12.2 Å². The fourth-order valence-electron chi connectivity index (χ4n) is 1.84. The average Bonchev–Trinajstić information content (AvgIpc) is 2.71. The standard InChI is InChI=1S/C13H18N4S/c1-10(16(2)3)12-14-15-13(18)17(12)9-11-7-5-4-6-8-11/h4-8,10H,9H2,1-3H3,(H,15,18)/p+1/t10-/m1/s1. The van der Waals surface area contributed by atoms with E-state index in [-0.39, 0.29) is 0 Å². The molecule has 0 amide bonds. The maximum Gasteiger partial charge on any atom is 0.195 e. The van der Waals surface area contributed by atoms with Crippen LogP contribution in [0.1, 0.15) is 24.4 Å². The van der Waals surface area contributed by atoms with Crippen LogP contribution in [0.15, 0.2) is 30.3 Å². The molecule has 0 saturated heterocycles. The van der Waals surface area contributed by atoms with Gasteiger partial charge in [-0.3, -0.25) is 9.67 Å². The summed E-state index contributed by atoms with van der Waals surface area (Å²) in [7, 11) is 4.24. The smallest absolute Gasteiger partial charge is 0.195 e. The van der Waals surface area contributed by atoms with Crippen LogP contribution in [0.4, 0.5) is 0 Å². The molecule has 18 heavy (non-hydrogen) atoms. The quantitative estimate of drug-likeness (QED) is 0.813. The van der Waals surface area contributed by atoms with Crippen molar-refractivity contribution < 1.29 is 4.90 Å². The molecule has 1 atom stereocenters. The fraction of sp³-hybridized carbons (Fsp3) is 0.385. The van der Waals surface area contributed by atoms with Crippen LogP contribution in [0.3, 0.4) is 0 Å². The van der Waals surface area contributed by atoms with E-state index in [2.05, 4.69) is 47.9 Å². The minimum absolute atomic E-state index is 0.307. The van der Waals surface area contributed by atoms with Gasteiger partial charge >= 0.3 is 0 Å². The highest BCUT2D eigenvalue weighted by Gasteiger charge is 2.19. The second-order valence-electron chi connectivity index (χ2n) is 4.76. The van der Waals surface area contributed by atoms with Gasteiger partial charge in [0.1, 0.15) is 6.04 Å². The minimum Gasteiger partial charge on any atom is -0.331 e. The van der Waals surface area contributed by atoms with Crippen molar-refractivity contribution in [2.24, 2.45) is 0 Å². The number of quaternary nitrogens is 1. The summed E-state index contributed by atoms with van der Waals surface area (Å²) in [5.74, 6) is 1.00. The van der Waals surface area contributed by atoms with Crippen molar-refractivity contribution in [1.29, 1.82) is 0 Å². The zero-order valence-corrected chi connectivity index (χ0v) is 11.8. The molecule has 2 N–H and O–H groups in total. The molecule has 2 rings (SSSR count). The van der Waals surface area contributed by atoms with Crippen molar-refractivity contribution in [2.45, 2.75) is 19.5 Å². The van der Waals surface area contributed by atoms with Gasteiger partial charge in [0.05, 0.1) is 20.6 Å². The molecule has 0 aliphatic heterocycles. The lowest BCUT2D eigenvalue weighted by atomic mass is 10.2. The summed E-state index contributed by atoms with van der Waals surface area (Å²) in [4.78, 5) is 1.33. The largest absolute Gasteiger partial charge is 0.331 e. The van der Waals surface area contributed by atoms with Crippen LogP contribution in [0.2, 0.25) is 0 Å². The lowest BCUT2D eigenvalue weighted by Crippen LogP contribution is -3.05. The Hall–Kier alpha value is -1.46. The number of aromatic nitrogens is 3. The number of nitrogens with one attached hydrogen (secondary N) is 2. The summed E-state index contributed by atoms with van der Waals surface area (Å²) < 4.78 is 2.75. The van der Waals surface area contributed by atoms with Crippen LogP contribution < -0.4 is 4.90 Å². The second kappa shape index (κ2) is 5.46. The van der Waals surface area contributed by atoms with Crippen molar-refractivity contribution in [3.8, 4) is 0 Å². The molecule has 0 aliphatic carbocycles. The van der Waals surface area contributed by atoms with Crippen LogP contribution in [0.25, 0.3) is 0 Å². The van der Waals surface area contributed by atoms with Crippen LogP contribution in [-0.4, -0.2) is 28.9 Å². The molecule has 0 bridgehead atoms. The first-order valence-corrected chi connectivity index (χ1v) is 6.49. The normalized spacial score (nSPS) is 12.9. The molecular weight excluding hydrogens is 244 g/mol. The lowest BCUT2D eigenvalue weighted by Gasteiger charge is -2.17. The second-order valence-corrected chi connectivity index (χ2v) is 5.14. The molecular formula is C13H19N4S+. The van der Waals surface area contributed by atoms with Gasteiger partial charge in [0.25, 0.3) is 0 Å². The average molecular weight is 263 g/mol. The Morgan fingerprint density at radius 1 is 1.33 bits per heavy atom. The third-order valence-corrected chi connectivity index (χ3v) is 3.54. The van der Waals surface area contributed by atoms with Crippen LogP contribution in [-0.2, 0) is 6.54 Å². The van der Waals surface area contributed by atoms with Crippen LogP contribution in [0.5, 0.6) is 0 Å². The Morgan fingerprint density at radius 2 is 2.00 bits per heavy atom. The van der Waals surface area contributed by atoms with Crippen molar-refractivity contribution >= 4 is 12.2 Å². The highest BCUT2D eigenvalue weighted by atomic mass is 32.1. The van der Waals surface area contributed by atoms with E-state index in [0.717, 1.165) is 12.4 Å². The topological polar surface area (TPSA) is 38.0 Å². The molecule has 0 unspecified atom stereocenters. The summed E-state index contributed by atoms with van der Waals surface area (Å²) in [6.07, 6.45) is 0. The third-order valence-electron chi connectivity index (χ3n) is 3.22. The minimum atomic E-state index is 0.307. The number of benzene rings is 1. The number of hydrogen-bond donors (Lipinski definition) is 2. The van der Waals surface area contributed by atoms with Gasteiger partial charge < -0.3 is 4.90 Å². The molecule has 0 spiro atoms. The Kier molecular flexibility index (Phi) is 3.93. The molecule has 4 nitrogen and oxygen atoms in total. The third kappa shape index (κ3) is 2.68. The number of hydrogen-bond acceptors (Lipinski definition) is 2. The van der Waals surface area contributed by atoms with E-state index in [1.165, 1.54) is 10.5 Å². The summed E-state index contributed by atoms with van der Waals surface area (Å²) in [5.41, 5.74) is 1.23. The summed E-state index contributed by atoms with van der Waals surface area (Å²) in [6, 6.07) is 10.6. The highest BCUT2D eigenvalue weighted by Crippen LogP contribution is 2.10. The van der Waals surface area contributed by atoms with E-state index in [1.807, 2.05) is 18.2 Å². The molecule has 2 aromatic rings. The highest BCUT2D eigenvalue weighted by molar-refractivity contribution is 7.71. The predicted molar refractivity (Wildman–Crippen MR) is 74.2 cm³/mol. The number of H-pyrrole nitrogens is 1. The van der Waals surface area contributed by atoms with Gasteiger partial charge in [-0.2, -0.15) is 5.10 Å². The Labute approximate surface area is 112 Å². The van der Waals surface area contributed by atoms with E-state index in [9.17, 15) is 0 Å². The van der Waals surface area contributed by atoms with Gasteiger partial charge in [0.2, 0.25) is 0 Å². The molecule has 5 heteroatoms. The maximum absolute atomic E-state index is 5.31. The molecule has 96 valence electrons. The van der Waals surface area contributed by atoms with E-state index in [0.29, 0.717) is 10.8 Å². The zero-order valence-electron chi connectivity index (χ0n) is 11.0. The SMILES string of the molecule is C[C@H](c1n[nH]c(=S)n1Cc1ccccc1)[NH+](C)C. The van der Waals surface area contributed by atoms with Crippen molar-refractivity contribution in [2.75, 3.05) is 14.1 Å².